The van der Waals surface area contributed by atoms with Gasteiger partial charge in [0.25, 0.3) is 17.4 Å². The largest absolute Gasteiger partial charge is 0.507 e. The highest BCUT2D eigenvalue weighted by molar-refractivity contribution is 6.51. The minimum Gasteiger partial charge on any atom is -0.507 e. The van der Waals surface area contributed by atoms with Crippen LogP contribution in [0.4, 0.5) is 17.1 Å². The molecule has 0 bridgehead atoms. The Morgan fingerprint density at radius 3 is 2.14 bits per heavy atom. The minimum atomic E-state index is -0.848. The number of amides is 1. The van der Waals surface area contributed by atoms with E-state index in [0.717, 1.165) is 37.2 Å². The van der Waals surface area contributed by atoms with Crippen LogP contribution in [0, 0.1) is 17.0 Å². The average Bonchev–Trinajstić information content (AvgIpc) is 3.51. The number of benzene rings is 3. The van der Waals surface area contributed by atoms with Crippen molar-refractivity contribution in [1.82, 2.24) is 0 Å². The lowest BCUT2D eigenvalue weighted by molar-refractivity contribution is -0.384. The molecule has 1 amide bonds. The lowest BCUT2D eigenvalue weighted by Gasteiger charge is -2.27. The van der Waals surface area contributed by atoms with E-state index in [9.17, 15) is 24.8 Å². The summed E-state index contributed by atoms with van der Waals surface area (Å²) in [4.78, 5) is 40.9. The molecule has 1 unspecified atom stereocenters. The van der Waals surface area contributed by atoms with Crippen LogP contribution >= 0.6 is 0 Å². The van der Waals surface area contributed by atoms with Crippen molar-refractivity contribution in [1.29, 1.82) is 0 Å². The molecule has 0 radical (unpaired) electrons. The van der Waals surface area contributed by atoms with Gasteiger partial charge in [-0.15, -0.1) is 0 Å². The van der Waals surface area contributed by atoms with Crippen LogP contribution in [0.2, 0.25) is 0 Å². The Kier molecular flexibility index (Phi) is 6.01. The summed E-state index contributed by atoms with van der Waals surface area (Å²) in [6.45, 7) is 3.86. The van der Waals surface area contributed by atoms with Gasteiger partial charge in [-0.1, -0.05) is 24.3 Å². The molecule has 3 aromatic carbocycles. The van der Waals surface area contributed by atoms with Gasteiger partial charge in [-0.05, 0) is 67.3 Å². The minimum absolute atomic E-state index is 0.0493. The second-order valence-electron chi connectivity index (χ2n) is 9.04. The fraction of sp³-hybridized carbons (Fsp3) is 0.214. The van der Waals surface area contributed by atoms with Gasteiger partial charge in [0.1, 0.15) is 5.76 Å². The van der Waals surface area contributed by atoms with Gasteiger partial charge in [0, 0.05) is 42.2 Å². The zero-order valence-corrected chi connectivity index (χ0v) is 19.8. The maximum absolute atomic E-state index is 13.4. The van der Waals surface area contributed by atoms with Crippen molar-refractivity contribution in [3.05, 3.63) is 105 Å². The summed E-state index contributed by atoms with van der Waals surface area (Å²) in [5, 5.41) is 22.3. The van der Waals surface area contributed by atoms with Crippen molar-refractivity contribution >= 4 is 34.5 Å². The predicted molar refractivity (Wildman–Crippen MR) is 137 cm³/mol. The van der Waals surface area contributed by atoms with E-state index in [1.54, 1.807) is 0 Å². The third-order valence-corrected chi connectivity index (χ3v) is 6.88. The number of aryl methyl sites for hydroxylation is 1. The zero-order valence-electron chi connectivity index (χ0n) is 19.8. The lowest BCUT2D eigenvalue weighted by Crippen LogP contribution is -2.29. The first-order valence-corrected chi connectivity index (χ1v) is 11.8. The predicted octanol–water partition coefficient (Wildman–Crippen LogP) is 5.13. The van der Waals surface area contributed by atoms with Gasteiger partial charge in [0.05, 0.1) is 16.5 Å². The molecule has 2 aliphatic heterocycles. The van der Waals surface area contributed by atoms with Crippen LogP contribution in [0.5, 0.6) is 0 Å². The first-order valence-electron chi connectivity index (χ1n) is 11.8. The molecule has 2 fully saturated rings. The van der Waals surface area contributed by atoms with E-state index in [0.29, 0.717) is 11.3 Å². The Bertz CT molecular complexity index is 1370. The summed E-state index contributed by atoms with van der Waals surface area (Å²) in [5.74, 6) is -1.91. The van der Waals surface area contributed by atoms with Crippen molar-refractivity contribution in [2.75, 3.05) is 22.9 Å². The van der Waals surface area contributed by atoms with E-state index < -0.39 is 22.7 Å². The first kappa shape index (κ1) is 23.3. The topological polar surface area (TPSA) is 104 Å². The number of anilines is 2. The van der Waals surface area contributed by atoms with E-state index in [1.807, 2.05) is 55.5 Å². The quantitative estimate of drug-likeness (QED) is 0.177. The van der Waals surface area contributed by atoms with Gasteiger partial charge < -0.3 is 10.0 Å². The monoisotopic (exact) mass is 483 g/mol. The van der Waals surface area contributed by atoms with Crippen LogP contribution in [0.1, 0.15) is 35.6 Å². The molecule has 8 nitrogen and oxygen atoms in total. The van der Waals surface area contributed by atoms with Crippen LogP contribution in [-0.4, -0.2) is 34.8 Å². The Labute approximate surface area is 208 Å². The molecule has 0 aliphatic carbocycles. The SMILES string of the molecule is Cc1ccccc1C1/C(=C(\O)c2ccc([N+](=O)[O-])cc2)C(=O)C(=O)N1c1ccc(N2CCCC2)cc1. The van der Waals surface area contributed by atoms with Crippen molar-refractivity contribution < 1.29 is 19.6 Å². The number of ketones is 1. The number of nitrogens with zero attached hydrogens (tertiary/aromatic N) is 3. The summed E-state index contributed by atoms with van der Waals surface area (Å²) in [5.41, 5.74) is 3.22. The van der Waals surface area contributed by atoms with Crippen LogP contribution in [0.3, 0.4) is 0 Å². The second kappa shape index (κ2) is 9.30. The second-order valence-corrected chi connectivity index (χ2v) is 9.04. The van der Waals surface area contributed by atoms with Crippen molar-refractivity contribution in [3.8, 4) is 0 Å². The number of aliphatic hydroxyl groups is 1. The molecular weight excluding hydrogens is 458 g/mol. The van der Waals surface area contributed by atoms with Crippen molar-refractivity contribution in [3.63, 3.8) is 0 Å². The molecule has 2 aliphatic rings. The third-order valence-electron chi connectivity index (χ3n) is 6.88. The Hall–Kier alpha value is -4.46. The summed E-state index contributed by atoms with van der Waals surface area (Å²) in [6.07, 6.45) is 2.29. The number of carbonyl (C=O) groups is 2. The molecule has 2 saturated heterocycles. The van der Waals surface area contributed by atoms with E-state index in [4.69, 9.17) is 0 Å². The molecule has 8 heteroatoms. The van der Waals surface area contributed by atoms with Crippen LogP contribution < -0.4 is 9.80 Å². The molecule has 0 aromatic heterocycles. The highest BCUT2D eigenvalue weighted by atomic mass is 16.6. The summed E-state index contributed by atoms with van der Waals surface area (Å²) in [6, 6.07) is 19.4. The van der Waals surface area contributed by atoms with Gasteiger partial charge in [0.15, 0.2) is 0 Å². The molecule has 0 spiro atoms. The Balaban J connectivity index is 1.63. The van der Waals surface area contributed by atoms with Gasteiger partial charge in [-0.3, -0.25) is 24.6 Å². The van der Waals surface area contributed by atoms with E-state index >= 15 is 0 Å². The summed E-state index contributed by atoms with van der Waals surface area (Å²) >= 11 is 0. The molecule has 3 aromatic rings. The molecule has 2 heterocycles. The van der Waals surface area contributed by atoms with E-state index in [-0.39, 0.29) is 22.6 Å². The number of nitro benzene ring substituents is 1. The smallest absolute Gasteiger partial charge is 0.300 e. The lowest BCUT2D eigenvalue weighted by atomic mass is 9.92. The molecule has 1 N–H and O–H groups in total. The van der Waals surface area contributed by atoms with Gasteiger partial charge in [-0.2, -0.15) is 0 Å². The standard InChI is InChI=1S/C28H25N3O5/c1-18-6-2-3-7-23(18)25-24(26(32)19-8-10-22(11-9-19)31(35)36)27(33)28(34)30(25)21-14-12-20(13-15-21)29-16-4-5-17-29/h2-3,6-15,25,32H,4-5,16-17H2,1H3/b26-24+. The molecule has 0 saturated carbocycles. The van der Waals surface area contributed by atoms with Gasteiger partial charge >= 0.3 is 0 Å². The number of hydrogen-bond donors (Lipinski definition) is 1. The van der Waals surface area contributed by atoms with E-state index in [2.05, 4.69) is 4.90 Å². The highest BCUT2D eigenvalue weighted by Gasteiger charge is 2.47. The van der Waals surface area contributed by atoms with Crippen LogP contribution in [0.25, 0.3) is 5.76 Å². The number of nitro groups is 1. The first-order chi connectivity index (χ1) is 17.4. The molecule has 1 atom stereocenters. The zero-order chi connectivity index (χ0) is 25.4. The third kappa shape index (κ3) is 4.00. The number of hydrogen-bond acceptors (Lipinski definition) is 6. The number of carbonyl (C=O) groups excluding carboxylic acids is 2. The highest BCUT2D eigenvalue weighted by Crippen LogP contribution is 2.43. The molecule has 36 heavy (non-hydrogen) atoms. The normalized spacial score (nSPS) is 19.2. The van der Waals surface area contributed by atoms with Crippen LogP contribution in [0.15, 0.2) is 78.4 Å². The van der Waals surface area contributed by atoms with Crippen LogP contribution in [-0.2, 0) is 9.59 Å². The maximum Gasteiger partial charge on any atom is 0.300 e. The average molecular weight is 484 g/mol. The maximum atomic E-state index is 13.4. The Morgan fingerprint density at radius 2 is 1.53 bits per heavy atom. The van der Waals surface area contributed by atoms with Crippen molar-refractivity contribution in [2.24, 2.45) is 0 Å². The number of rotatable bonds is 5. The number of Topliss-reactive ketones (excluding diaryl/α,β-unsaturated/α-hetero) is 1. The number of non-ortho nitro benzene ring substituents is 1. The fourth-order valence-electron chi connectivity index (χ4n) is 4.98. The molecular formula is C28H25N3O5. The van der Waals surface area contributed by atoms with E-state index in [1.165, 1.54) is 29.2 Å². The molecule has 5 rings (SSSR count). The van der Waals surface area contributed by atoms with Crippen molar-refractivity contribution in [2.45, 2.75) is 25.8 Å². The van der Waals surface area contributed by atoms with Gasteiger partial charge in [0.2, 0.25) is 0 Å². The summed E-state index contributed by atoms with van der Waals surface area (Å²) in [7, 11) is 0. The van der Waals surface area contributed by atoms with Gasteiger partial charge in [-0.25, -0.2) is 0 Å². The fourth-order valence-corrected chi connectivity index (χ4v) is 4.98. The number of aliphatic hydroxyl groups excluding tert-OH is 1. The molecule has 182 valence electrons. The summed E-state index contributed by atoms with van der Waals surface area (Å²) < 4.78 is 0. The Morgan fingerprint density at radius 1 is 0.917 bits per heavy atom.